The van der Waals surface area contributed by atoms with Crippen LogP contribution in [0.2, 0.25) is 0 Å². The molecule has 3 aromatic rings. The van der Waals surface area contributed by atoms with Crippen molar-refractivity contribution < 1.29 is 14.3 Å². The molecule has 1 heterocycles. The Kier molecular flexibility index (Phi) is 6.30. The maximum atomic E-state index is 12.5. The molecule has 142 valence electrons. The van der Waals surface area contributed by atoms with Gasteiger partial charge in [-0.05, 0) is 30.2 Å². The van der Waals surface area contributed by atoms with Crippen molar-refractivity contribution in [1.82, 2.24) is 9.97 Å². The van der Waals surface area contributed by atoms with Crippen LogP contribution in [0.25, 0.3) is 0 Å². The van der Waals surface area contributed by atoms with E-state index in [4.69, 9.17) is 0 Å². The van der Waals surface area contributed by atoms with Gasteiger partial charge in [0.15, 0.2) is 0 Å². The quantitative estimate of drug-likeness (QED) is 0.615. The third-order valence-corrected chi connectivity index (χ3v) is 4.00. The third kappa shape index (κ3) is 5.14. The number of carbonyl (C=O) groups is 2. The number of hydrogen-bond acceptors (Lipinski definition) is 6. The number of amides is 1. The normalized spacial score (nSPS) is 10.2. The fraction of sp³-hybridized carbons (Fsp3) is 0.143. The molecule has 3 rings (SSSR count). The highest BCUT2D eigenvalue weighted by molar-refractivity contribution is 6.03. The lowest BCUT2D eigenvalue weighted by Crippen LogP contribution is -2.15. The van der Waals surface area contributed by atoms with Crippen molar-refractivity contribution in [3.8, 4) is 0 Å². The van der Waals surface area contributed by atoms with Gasteiger partial charge >= 0.3 is 5.97 Å². The van der Waals surface area contributed by atoms with E-state index in [0.29, 0.717) is 23.6 Å². The topological polar surface area (TPSA) is 93.2 Å². The number of nitrogens with one attached hydrogen (secondary N) is 2. The van der Waals surface area contributed by atoms with Gasteiger partial charge in [0.05, 0.1) is 12.7 Å². The van der Waals surface area contributed by atoms with Crippen LogP contribution in [0.15, 0.2) is 67.0 Å². The van der Waals surface area contributed by atoms with E-state index < -0.39 is 11.9 Å². The molecular formula is C21H20N4O3. The Labute approximate surface area is 162 Å². The predicted octanol–water partition coefficient (Wildman–Crippen LogP) is 3.17. The monoisotopic (exact) mass is 376 g/mol. The number of nitrogens with zero attached hydrogens (tertiary/aromatic N) is 2. The zero-order valence-electron chi connectivity index (χ0n) is 15.4. The second-order valence-corrected chi connectivity index (χ2v) is 5.98. The van der Waals surface area contributed by atoms with Crippen LogP contribution in [-0.2, 0) is 11.2 Å². The molecule has 0 atom stereocenters. The number of ether oxygens (including phenoxy) is 1. The molecule has 0 aliphatic heterocycles. The lowest BCUT2D eigenvalue weighted by Gasteiger charge is -2.08. The Bertz CT molecular complexity index is 961. The lowest BCUT2D eigenvalue weighted by molar-refractivity contribution is 0.0600. The van der Waals surface area contributed by atoms with Gasteiger partial charge in [-0.2, -0.15) is 0 Å². The van der Waals surface area contributed by atoms with Gasteiger partial charge in [-0.25, -0.2) is 14.8 Å². The van der Waals surface area contributed by atoms with Gasteiger partial charge in [0.25, 0.3) is 5.91 Å². The summed E-state index contributed by atoms with van der Waals surface area (Å²) in [4.78, 5) is 32.2. The van der Waals surface area contributed by atoms with Gasteiger partial charge in [0, 0.05) is 18.3 Å². The fourth-order valence-corrected chi connectivity index (χ4v) is 2.59. The molecule has 0 radical (unpaired) electrons. The summed E-state index contributed by atoms with van der Waals surface area (Å²) in [7, 11) is 1.31. The molecule has 0 spiro atoms. The maximum Gasteiger partial charge on any atom is 0.337 e. The summed E-state index contributed by atoms with van der Waals surface area (Å²) in [6, 6.07) is 18.2. The SMILES string of the molecule is COC(=O)c1cccc(NC(=O)c2cc(NCCc3ccccc3)ncn2)c1. The first-order valence-electron chi connectivity index (χ1n) is 8.75. The van der Waals surface area contributed by atoms with Crippen molar-refractivity contribution in [2.45, 2.75) is 6.42 Å². The highest BCUT2D eigenvalue weighted by atomic mass is 16.5. The molecule has 0 saturated heterocycles. The average molecular weight is 376 g/mol. The van der Waals surface area contributed by atoms with Crippen LogP contribution in [0.4, 0.5) is 11.5 Å². The van der Waals surface area contributed by atoms with E-state index >= 15 is 0 Å². The van der Waals surface area contributed by atoms with E-state index in [2.05, 4.69) is 37.5 Å². The summed E-state index contributed by atoms with van der Waals surface area (Å²) >= 11 is 0. The van der Waals surface area contributed by atoms with Crippen LogP contribution in [0.3, 0.4) is 0 Å². The Morgan fingerprint density at radius 2 is 1.82 bits per heavy atom. The van der Waals surface area contributed by atoms with E-state index in [1.165, 1.54) is 19.0 Å². The minimum absolute atomic E-state index is 0.223. The second-order valence-electron chi connectivity index (χ2n) is 5.98. The third-order valence-electron chi connectivity index (χ3n) is 4.00. The van der Waals surface area contributed by atoms with E-state index in [0.717, 1.165) is 6.42 Å². The van der Waals surface area contributed by atoms with Crippen molar-refractivity contribution in [2.75, 3.05) is 24.3 Å². The van der Waals surface area contributed by atoms with Gasteiger partial charge in [-0.15, -0.1) is 0 Å². The van der Waals surface area contributed by atoms with Crippen LogP contribution < -0.4 is 10.6 Å². The molecule has 0 bridgehead atoms. The number of rotatable bonds is 7. The smallest absolute Gasteiger partial charge is 0.337 e. The second kappa shape index (κ2) is 9.27. The van der Waals surface area contributed by atoms with E-state index in [1.54, 1.807) is 30.3 Å². The average Bonchev–Trinajstić information content (AvgIpc) is 2.74. The first-order valence-corrected chi connectivity index (χ1v) is 8.75. The highest BCUT2D eigenvalue weighted by Gasteiger charge is 2.11. The van der Waals surface area contributed by atoms with Crippen molar-refractivity contribution in [1.29, 1.82) is 0 Å². The van der Waals surface area contributed by atoms with Gasteiger partial charge < -0.3 is 15.4 Å². The van der Waals surface area contributed by atoms with Gasteiger partial charge in [-0.1, -0.05) is 36.4 Å². The summed E-state index contributed by atoms with van der Waals surface area (Å²) in [5, 5.41) is 5.91. The van der Waals surface area contributed by atoms with Crippen molar-refractivity contribution in [2.24, 2.45) is 0 Å². The number of aromatic nitrogens is 2. The summed E-state index contributed by atoms with van der Waals surface area (Å²) < 4.78 is 4.69. The zero-order chi connectivity index (χ0) is 19.8. The minimum Gasteiger partial charge on any atom is -0.465 e. The molecule has 1 amide bonds. The largest absolute Gasteiger partial charge is 0.465 e. The maximum absolute atomic E-state index is 12.5. The van der Waals surface area contributed by atoms with Crippen LogP contribution in [0.1, 0.15) is 26.4 Å². The van der Waals surface area contributed by atoms with Gasteiger partial charge in [0.1, 0.15) is 17.8 Å². The molecule has 0 aliphatic carbocycles. The molecule has 7 nitrogen and oxygen atoms in total. The van der Waals surface area contributed by atoms with Gasteiger partial charge in [0.2, 0.25) is 0 Å². The van der Waals surface area contributed by atoms with Gasteiger partial charge in [-0.3, -0.25) is 4.79 Å². The first-order chi connectivity index (χ1) is 13.7. The minimum atomic E-state index is -0.469. The van der Waals surface area contributed by atoms with E-state index in [-0.39, 0.29) is 5.69 Å². The van der Waals surface area contributed by atoms with Crippen LogP contribution in [-0.4, -0.2) is 35.5 Å². The Morgan fingerprint density at radius 3 is 2.61 bits per heavy atom. The van der Waals surface area contributed by atoms with E-state index in [1.807, 2.05) is 18.2 Å². The van der Waals surface area contributed by atoms with Crippen molar-refractivity contribution in [3.63, 3.8) is 0 Å². The number of benzene rings is 2. The molecule has 0 aliphatic rings. The summed E-state index contributed by atoms with van der Waals surface area (Å²) in [6.07, 6.45) is 2.18. The van der Waals surface area contributed by atoms with Crippen LogP contribution >= 0.6 is 0 Å². The Balaban J connectivity index is 1.61. The molecule has 0 saturated carbocycles. The first kappa shape index (κ1) is 19.0. The summed E-state index contributed by atoms with van der Waals surface area (Å²) in [5.74, 6) is -0.294. The Morgan fingerprint density at radius 1 is 1.00 bits per heavy atom. The molecule has 2 aromatic carbocycles. The number of methoxy groups -OCH3 is 1. The summed E-state index contributed by atoms with van der Waals surface area (Å²) in [6.45, 7) is 0.684. The van der Waals surface area contributed by atoms with Crippen molar-refractivity contribution in [3.05, 3.63) is 83.8 Å². The number of hydrogen-bond donors (Lipinski definition) is 2. The van der Waals surface area contributed by atoms with Crippen molar-refractivity contribution >= 4 is 23.4 Å². The summed E-state index contributed by atoms with van der Waals surface area (Å²) in [5.41, 5.74) is 2.27. The fourth-order valence-electron chi connectivity index (χ4n) is 2.59. The Hall–Kier alpha value is -3.74. The van der Waals surface area contributed by atoms with Crippen LogP contribution in [0.5, 0.6) is 0 Å². The number of carbonyl (C=O) groups excluding carboxylic acids is 2. The standard InChI is InChI=1S/C21H20N4O3/c1-28-21(27)16-8-5-9-17(12-16)25-20(26)18-13-19(24-14-23-18)22-11-10-15-6-3-2-4-7-15/h2-9,12-14H,10-11H2,1H3,(H,25,26)(H,22,23,24). The molecule has 28 heavy (non-hydrogen) atoms. The molecule has 7 heteroatoms. The number of anilines is 2. The lowest BCUT2D eigenvalue weighted by atomic mass is 10.1. The van der Waals surface area contributed by atoms with E-state index in [9.17, 15) is 9.59 Å². The molecule has 0 unspecified atom stereocenters. The number of esters is 1. The highest BCUT2D eigenvalue weighted by Crippen LogP contribution is 2.13. The van der Waals surface area contributed by atoms with Crippen LogP contribution in [0, 0.1) is 0 Å². The predicted molar refractivity (Wildman–Crippen MR) is 106 cm³/mol. The molecular weight excluding hydrogens is 356 g/mol. The molecule has 1 aromatic heterocycles. The molecule has 0 fully saturated rings. The molecule has 2 N–H and O–H groups in total. The zero-order valence-corrected chi connectivity index (χ0v) is 15.4.